The van der Waals surface area contributed by atoms with Gasteiger partial charge in [0, 0.05) is 19.5 Å². The van der Waals surface area contributed by atoms with Gasteiger partial charge in [0.05, 0.1) is 5.60 Å². The molecule has 3 aliphatic rings. The van der Waals surface area contributed by atoms with Crippen molar-refractivity contribution in [1.29, 1.82) is 0 Å². The Kier molecular flexibility index (Phi) is 3.34. The van der Waals surface area contributed by atoms with E-state index in [2.05, 4.69) is 5.32 Å². The van der Waals surface area contributed by atoms with Gasteiger partial charge in [0.2, 0.25) is 5.91 Å². The highest BCUT2D eigenvalue weighted by molar-refractivity contribution is 5.82. The summed E-state index contributed by atoms with van der Waals surface area (Å²) in [5.41, 5.74) is -0.310. The van der Waals surface area contributed by atoms with Crippen LogP contribution >= 0.6 is 0 Å². The topological polar surface area (TPSA) is 52.6 Å². The van der Waals surface area contributed by atoms with Crippen LogP contribution in [0, 0.1) is 11.3 Å². The normalized spacial score (nSPS) is 31.4. The molecular formula is C15H26N2O2. The molecule has 2 aliphatic carbocycles. The van der Waals surface area contributed by atoms with Gasteiger partial charge in [0.25, 0.3) is 0 Å². The van der Waals surface area contributed by atoms with Crippen molar-refractivity contribution in [1.82, 2.24) is 10.2 Å². The van der Waals surface area contributed by atoms with Crippen LogP contribution in [-0.2, 0) is 4.79 Å². The van der Waals surface area contributed by atoms with Crippen molar-refractivity contribution in [2.45, 2.75) is 50.5 Å². The standard InChI is InChI=1S/C15H26N2O2/c1-17(11-15(19)4-2-3-5-15)13(18)12-10-14(12)6-8-16-9-7-14/h12,16,19H,2-11H2,1H3. The Labute approximate surface area is 115 Å². The van der Waals surface area contributed by atoms with E-state index < -0.39 is 5.60 Å². The molecule has 4 nitrogen and oxygen atoms in total. The average molecular weight is 266 g/mol. The molecule has 0 bridgehead atoms. The maximum Gasteiger partial charge on any atom is 0.226 e. The van der Waals surface area contributed by atoms with Gasteiger partial charge in [-0.25, -0.2) is 0 Å². The van der Waals surface area contributed by atoms with E-state index in [4.69, 9.17) is 0 Å². The number of hydrogen-bond acceptors (Lipinski definition) is 3. The molecule has 0 aromatic carbocycles. The highest BCUT2D eigenvalue weighted by atomic mass is 16.3. The fourth-order valence-electron chi connectivity index (χ4n) is 4.15. The van der Waals surface area contributed by atoms with Gasteiger partial charge >= 0.3 is 0 Å². The Morgan fingerprint density at radius 2 is 1.89 bits per heavy atom. The average Bonchev–Trinajstić information content (AvgIpc) is 2.89. The minimum absolute atomic E-state index is 0.226. The first kappa shape index (κ1) is 13.4. The summed E-state index contributed by atoms with van der Waals surface area (Å²) in [5.74, 6) is 0.492. The molecule has 2 saturated carbocycles. The zero-order valence-electron chi connectivity index (χ0n) is 12.0. The molecule has 1 saturated heterocycles. The molecule has 1 aliphatic heterocycles. The first-order chi connectivity index (χ1) is 9.05. The summed E-state index contributed by atoms with van der Waals surface area (Å²) in [7, 11) is 1.87. The number of aliphatic hydroxyl groups is 1. The minimum Gasteiger partial charge on any atom is -0.388 e. The molecule has 1 amide bonds. The summed E-state index contributed by atoms with van der Waals surface area (Å²) >= 11 is 0. The summed E-state index contributed by atoms with van der Waals surface area (Å²) in [6.07, 6.45) is 7.24. The predicted octanol–water partition coefficient (Wildman–Crippen LogP) is 1.14. The van der Waals surface area contributed by atoms with Crippen LogP contribution in [0.5, 0.6) is 0 Å². The van der Waals surface area contributed by atoms with Crippen molar-refractivity contribution in [3.05, 3.63) is 0 Å². The maximum absolute atomic E-state index is 12.5. The van der Waals surface area contributed by atoms with Crippen molar-refractivity contribution < 1.29 is 9.90 Å². The Morgan fingerprint density at radius 3 is 2.53 bits per heavy atom. The van der Waals surface area contributed by atoms with Crippen molar-refractivity contribution in [3.8, 4) is 0 Å². The highest BCUT2D eigenvalue weighted by Gasteiger charge is 2.58. The first-order valence-corrected chi connectivity index (χ1v) is 7.73. The molecule has 3 rings (SSSR count). The predicted molar refractivity (Wildman–Crippen MR) is 73.7 cm³/mol. The zero-order valence-corrected chi connectivity index (χ0v) is 12.0. The van der Waals surface area contributed by atoms with Gasteiger partial charge in [0.15, 0.2) is 0 Å². The van der Waals surface area contributed by atoms with Gasteiger partial charge in [-0.3, -0.25) is 4.79 Å². The molecule has 1 atom stereocenters. The van der Waals surface area contributed by atoms with Crippen molar-refractivity contribution in [2.24, 2.45) is 11.3 Å². The summed E-state index contributed by atoms with van der Waals surface area (Å²) in [6.45, 7) is 2.63. The molecule has 0 aromatic rings. The lowest BCUT2D eigenvalue weighted by molar-refractivity contribution is -0.135. The quantitative estimate of drug-likeness (QED) is 0.805. The lowest BCUT2D eigenvalue weighted by Gasteiger charge is -2.30. The molecule has 0 aromatic heterocycles. The molecule has 19 heavy (non-hydrogen) atoms. The van der Waals surface area contributed by atoms with E-state index >= 15 is 0 Å². The lowest BCUT2D eigenvalue weighted by Crippen LogP contribution is -2.43. The van der Waals surface area contributed by atoms with Crippen LogP contribution in [-0.4, -0.2) is 48.2 Å². The van der Waals surface area contributed by atoms with Crippen LogP contribution < -0.4 is 5.32 Å². The summed E-state index contributed by atoms with van der Waals surface area (Å²) < 4.78 is 0. The van der Waals surface area contributed by atoms with Gasteiger partial charge in [-0.05, 0) is 50.6 Å². The molecule has 4 heteroatoms. The number of nitrogens with zero attached hydrogens (tertiary/aromatic N) is 1. The SMILES string of the molecule is CN(CC1(O)CCCC1)C(=O)C1CC12CCNCC2. The second kappa shape index (κ2) is 4.74. The number of rotatable bonds is 3. The molecule has 1 spiro atoms. The molecular weight excluding hydrogens is 240 g/mol. The Hall–Kier alpha value is -0.610. The molecule has 2 N–H and O–H groups in total. The van der Waals surface area contributed by atoms with E-state index in [0.717, 1.165) is 58.0 Å². The summed E-state index contributed by atoms with van der Waals surface area (Å²) in [4.78, 5) is 14.3. The van der Waals surface area contributed by atoms with Gasteiger partial charge < -0.3 is 15.3 Å². The van der Waals surface area contributed by atoms with Crippen molar-refractivity contribution >= 4 is 5.91 Å². The minimum atomic E-state index is -0.611. The first-order valence-electron chi connectivity index (χ1n) is 7.73. The van der Waals surface area contributed by atoms with E-state index in [1.807, 2.05) is 7.05 Å². The number of piperidine rings is 1. The number of hydrogen-bond donors (Lipinski definition) is 2. The zero-order chi connectivity index (χ0) is 13.5. The molecule has 3 fully saturated rings. The number of amides is 1. The molecule has 108 valence electrons. The van der Waals surface area contributed by atoms with Gasteiger partial charge in [0.1, 0.15) is 0 Å². The number of likely N-dealkylation sites (N-methyl/N-ethyl adjacent to an activating group) is 1. The third-order valence-electron chi connectivity index (χ3n) is 5.53. The third-order valence-corrected chi connectivity index (χ3v) is 5.53. The van der Waals surface area contributed by atoms with Crippen LogP contribution in [0.3, 0.4) is 0 Å². The van der Waals surface area contributed by atoms with Crippen LogP contribution in [0.2, 0.25) is 0 Å². The lowest BCUT2D eigenvalue weighted by atomic mass is 9.91. The Balaban J connectivity index is 1.56. The van der Waals surface area contributed by atoms with Gasteiger partial charge in [-0.15, -0.1) is 0 Å². The Morgan fingerprint density at radius 1 is 1.26 bits per heavy atom. The summed E-state index contributed by atoms with van der Waals surface area (Å²) in [5, 5.41) is 13.8. The fraction of sp³-hybridized carbons (Fsp3) is 0.933. The number of carbonyl (C=O) groups excluding carboxylic acids is 1. The highest BCUT2D eigenvalue weighted by Crippen LogP contribution is 2.59. The maximum atomic E-state index is 12.5. The van der Waals surface area contributed by atoms with Gasteiger partial charge in [-0.1, -0.05) is 12.8 Å². The number of carbonyl (C=O) groups is 1. The monoisotopic (exact) mass is 266 g/mol. The second-order valence-electron chi connectivity index (χ2n) is 6.99. The van der Waals surface area contributed by atoms with Gasteiger partial charge in [-0.2, -0.15) is 0 Å². The largest absolute Gasteiger partial charge is 0.388 e. The van der Waals surface area contributed by atoms with E-state index in [0.29, 0.717) is 12.0 Å². The summed E-state index contributed by atoms with van der Waals surface area (Å²) in [6, 6.07) is 0. The van der Waals surface area contributed by atoms with Crippen molar-refractivity contribution in [3.63, 3.8) is 0 Å². The van der Waals surface area contributed by atoms with Crippen LogP contribution in [0.15, 0.2) is 0 Å². The third kappa shape index (κ3) is 2.52. The fourth-order valence-corrected chi connectivity index (χ4v) is 4.15. The van der Waals surface area contributed by atoms with E-state index in [-0.39, 0.29) is 11.8 Å². The van der Waals surface area contributed by atoms with Crippen LogP contribution in [0.25, 0.3) is 0 Å². The molecule has 0 radical (unpaired) electrons. The smallest absolute Gasteiger partial charge is 0.226 e. The second-order valence-corrected chi connectivity index (χ2v) is 6.99. The van der Waals surface area contributed by atoms with E-state index in [1.165, 1.54) is 0 Å². The molecule has 1 heterocycles. The Bertz CT molecular complexity index is 357. The number of nitrogens with one attached hydrogen (secondary N) is 1. The van der Waals surface area contributed by atoms with E-state index in [9.17, 15) is 9.90 Å². The van der Waals surface area contributed by atoms with Crippen molar-refractivity contribution in [2.75, 3.05) is 26.7 Å². The molecule has 1 unspecified atom stereocenters. The van der Waals surface area contributed by atoms with E-state index in [1.54, 1.807) is 4.90 Å². The van der Waals surface area contributed by atoms with Crippen LogP contribution in [0.4, 0.5) is 0 Å². The van der Waals surface area contributed by atoms with Crippen LogP contribution in [0.1, 0.15) is 44.9 Å².